The normalized spacial score (nSPS) is 11.9. The number of benzene rings is 1. The molecule has 0 heterocycles. The van der Waals surface area contributed by atoms with E-state index < -0.39 is 17.0 Å². The molecule has 0 aliphatic heterocycles. The largest absolute Gasteiger partial charge is 0.479 e. The van der Waals surface area contributed by atoms with E-state index in [1.54, 1.807) is 6.07 Å². The van der Waals surface area contributed by atoms with Crippen molar-refractivity contribution in [1.82, 2.24) is 0 Å². The summed E-state index contributed by atoms with van der Waals surface area (Å²) in [4.78, 5) is 21.6. The van der Waals surface area contributed by atoms with Crippen molar-refractivity contribution in [3.63, 3.8) is 0 Å². The number of hydrogen-bond acceptors (Lipinski definition) is 4. The lowest BCUT2D eigenvalue weighted by molar-refractivity contribution is -0.385. The molecular weight excluding hydrogens is 334 g/mol. The molecule has 0 bridgehead atoms. The number of nitrogens with zero attached hydrogens (tertiary/aromatic N) is 1. The molecule has 0 saturated carbocycles. The van der Waals surface area contributed by atoms with E-state index in [9.17, 15) is 20.0 Å². The molecule has 0 saturated heterocycles. The number of carboxylic acids is 1. The molecule has 6 nitrogen and oxygen atoms in total. The molecule has 6 heteroatoms. The first-order valence-electron chi connectivity index (χ1n) is 9.68. The highest BCUT2D eigenvalue weighted by molar-refractivity contribution is 5.72. The molecule has 0 aromatic heterocycles. The minimum absolute atomic E-state index is 0.106. The van der Waals surface area contributed by atoms with Crippen LogP contribution in [0.1, 0.15) is 77.6 Å². The summed E-state index contributed by atoms with van der Waals surface area (Å²) in [5.74, 6) is -0.814. The first-order valence-corrected chi connectivity index (χ1v) is 9.68. The van der Waals surface area contributed by atoms with Crippen molar-refractivity contribution in [2.75, 3.05) is 0 Å². The van der Waals surface area contributed by atoms with Crippen molar-refractivity contribution < 1.29 is 19.6 Å². The third-order valence-electron chi connectivity index (χ3n) is 4.40. The van der Waals surface area contributed by atoms with E-state index >= 15 is 0 Å². The lowest BCUT2D eigenvalue weighted by Crippen LogP contribution is -2.26. The van der Waals surface area contributed by atoms with Gasteiger partial charge in [-0.05, 0) is 18.9 Å². The van der Waals surface area contributed by atoms with Crippen LogP contribution in [0.3, 0.4) is 0 Å². The van der Waals surface area contributed by atoms with Crippen LogP contribution in [0.2, 0.25) is 0 Å². The fourth-order valence-electron chi connectivity index (χ4n) is 2.88. The Morgan fingerprint density at radius 3 is 2.19 bits per heavy atom. The molecule has 0 aliphatic carbocycles. The number of hydrogen-bond donors (Lipinski definition) is 1. The summed E-state index contributed by atoms with van der Waals surface area (Å²) in [6.45, 7) is 2.22. The second-order valence-corrected chi connectivity index (χ2v) is 6.67. The Labute approximate surface area is 155 Å². The molecule has 146 valence electrons. The maximum Gasteiger partial charge on any atom is 0.344 e. The Balaban J connectivity index is 2.24. The van der Waals surface area contributed by atoms with Gasteiger partial charge in [-0.2, -0.15) is 0 Å². The van der Waals surface area contributed by atoms with Crippen LogP contribution in [-0.2, 0) is 4.79 Å². The van der Waals surface area contributed by atoms with Crippen molar-refractivity contribution in [1.29, 1.82) is 0 Å². The number of rotatable bonds is 15. The number of unbranched alkanes of at least 4 members (excludes halogenated alkanes) is 9. The van der Waals surface area contributed by atoms with Crippen LogP contribution in [-0.4, -0.2) is 22.1 Å². The van der Waals surface area contributed by atoms with E-state index in [2.05, 4.69) is 6.92 Å². The maximum atomic E-state index is 11.4. The summed E-state index contributed by atoms with van der Waals surface area (Å²) in [5, 5.41) is 20.1. The molecule has 1 aromatic rings. The number of non-ortho nitro benzene ring substituents is 1. The van der Waals surface area contributed by atoms with Crippen LogP contribution in [0, 0.1) is 10.1 Å². The molecule has 1 N–H and O–H groups in total. The highest BCUT2D eigenvalue weighted by Gasteiger charge is 2.19. The smallest absolute Gasteiger partial charge is 0.344 e. The lowest BCUT2D eigenvalue weighted by atomic mass is 10.0. The van der Waals surface area contributed by atoms with Gasteiger partial charge in [-0.1, -0.05) is 70.8 Å². The Kier molecular flexibility index (Phi) is 11.1. The number of carbonyl (C=O) groups is 1. The van der Waals surface area contributed by atoms with Gasteiger partial charge in [0.1, 0.15) is 5.75 Å². The van der Waals surface area contributed by atoms with Gasteiger partial charge >= 0.3 is 5.97 Å². The summed E-state index contributed by atoms with van der Waals surface area (Å²) in [5.41, 5.74) is -0.106. The standard InChI is InChI=1S/C20H31NO5/c1-2-3-4-5-6-7-8-9-10-11-15-19(20(22)23)26-18-14-12-13-17(16-18)21(24)25/h12-14,16,19H,2-11,15H2,1H3,(H,22,23). The average molecular weight is 365 g/mol. The highest BCUT2D eigenvalue weighted by atomic mass is 16.6. The van der Waals surface area contributed by atoms with Gasteiger partial charge in [-0.15, -0.1) is 0 Å². The summed E-state index contributed by atoms with van der Waals surface area (Å²) in [7, 11) is 0. The highest BCUT2D eigenvalue weighted by Crippen LogP contribution is 2.22. The number of aliphatic carboxylic acids is 1. The van der Waals surface area contributed by atoms with Crippen molar-refractivity contribution in [2.45, 2.75) is 83.7 Å². The quantitative estimate of drug-likeness (QED) is 0.243. The molecular formula is C20H31NO5. The van der Waals surface area contributed by atoms with Gasteiger partial charge in [-0.25, -0.2) is 4.79 Å². The topological polar surface area (TPSA) is 89.7 Å². The van der Waals surface area contributed by atoms with E-state index in [0.717, 1.165) is 19.3 Å². The monoisotopic (exact) mass is 365 g/mol. The van der Waals surface area contributed by atoms with Gasteiger partial charge in [0, 0.05) is 6.07 Å². The lowest BCUT2D eigenvalue weighted by Gasteiger charge is -2.15. The van der Waals surface area contributed by atoms with Gasteiger partial charge < -0.3 is 9.84 Å². The number of nitro groups is 1. The Morgan fingerprint density at radius 2 is 1.65 bits per heavy atom. The SMILES string of the molecule is CCCCCCCCCCCCC(Oc1cccc([N+](=O)[O-])c1)C(=O)O. The average Bonchev–Trinajstić information content (AvgIpc) is 2.62. The third-order valence-corrected chi connectivity index (χ3v) is 4.40. The molecule has 0 amide bonds. The zero-order chi connectivity index (χ0) is 19.2. The summed E-state index contributed by atoms with van der Waals surface area (Å²) in [6, 6.07) is 5.65. The first kappa shape index (κ1) is 21.9. The van der Waals surface area contributed by atoms with E-state index in [4.69, 9.17) is 4.74 Å². The van der Waals surface area contributed by atoms with Gasteiger partial charge in [0.05, 0.1) is 11.0 Å². The van der Waals surface area contributed by atoms with Crippen molar-refractivity contribution in [3.8, 4) is 5.75 Å². The van der Waals surface area contributed by atoms with Gasteiger partial charge in [0.15, 0.2) is 6.10 Å². The Bertz CT molecular complexity index is 547. The summed E-state index contributed by atoms with van der Waals surface area (Å²) < 4.78 is 5.45. The van der Waals surface area contributed by atoms with Crippen molar-refractivity contribution in [2.24, 2.45) is 0 Å². The fourth-order valence-corrected chi connectivity index (χ4v) is 2.88. The molecule has 0 spiro atoms. The Hall–Kier alpha value is -2.11. The van der Waals surface area contributed by atoms with Crippen LogP contribution in [0.15, 0.2) is 24.3 Å². The minimum atomic E-state index is -1.03. The zero-order valence-electron chi connectivity index (χ0n) is 15.7. The van der Waals surface area contributed by atoms with E-state index in [1.165, 1.54) is 63.1 Å². The first-order chi connectivity index (χ1) is 12.5. The molecule has 1 atom stereocenters. The van der Waals surface area contributed by atoms with Crippen LogP contribution < -0.4 is 4.74 Å². The molecule has 1 aromatic carbocycles. The fraction of sp³-hybridized carbons (Fsp3) is 0.650. The number of ether oxygens (including phenoxy) is 1. The molecule has 0 radical (unpaired) electrons. The predicted molar refractivity (Wildman–Crippen MR) is 102 cm³/mol. The van der Waals surface area contributed by atoms with E-state index in [0.29, 0.717) is 6.42 Å². The van der Waals surface area contributed by atoms with E-state index in [1.807, 2.05) is 0 Å². The van der Waals surface area contributed by atoms with Gasteiger partial charge in [0.25, 0.3) is 5.69 Å². The predicted octanol–water partition coefficient (Wildman–Crippen LogP) is 5.74. The molecule has 0 fully saturated rings. The van der Waals surface area contributed by atoms with Gasteiger partial charge in [-0.3, -0.25) is 10.1 Å². The van der Waals surface area contributed by atoms with Crippen molar-refractivity contribution in [3.05, 3.63) is 34.4 Å². The minimum Gasteiger partial charge on any atom is -0.479 e. The third kappa shape index (κ3) is 9.39. The number of carboxylic acid groups (broad SMARTS) is 1. The Morgan fingerprint density at radius 1 is 1.08 bits per heavy atom. The van der Waals surface area contributed by atoms with Gasteiger partial charge in [0.2, 0.25) is 0 Å². The van der Waals surface area contributed by atoms with Crippen LogP contribution in [0.4, 0.5) is 5.69 Å². The zero-order valence-corrected chi connectivity index (χ0v) is 15.7. The second kappa shape index (κ2) is 13.1. The van der Waals surface area contributed by atoms with Crippen LogP contribution in [0.25, 0.3) is 0 Å². The molecule has 26 heavy (non-hydrogen) atoms. The molecule has 1 unspecified atom stereocenters. The summed E-state index contributed by atoms with van der Waals surface area (Å²) in [6.07, 6.45) is 11.3. The van der Waals surface area contributed by atoms with Crippen molar-refractivity contribution >= 4 is 11.7 Å². The second-order valence-electron chi connectivity index (χ2n) is 6.67. The molecule has 1 rings (SSSR count). The van der Waals surface area contributed by atoms with Crippen LogP contribution >= 0.6 is 0 Å². The van der Waals surface area contributed by atoms with Crippen LogP contribution in [0.5, 0.6) is 5.75 Å². The molecule has 0 aliphatic rings. The number of nitro benzene ring substituents is 1. The summed E-state index contributed by atoms with van der Waals surface area (Å²) >= 11 is 0. The van der Waals surface area contributed by atoms with E-state index in [-0.39, 0.29) is 11.4 Å². The maximum absolute atomic E-state index is 11.4.